The van der Waals surface area contributed by atoms with Gasteiger partial charge >= 0.3 is 0 Å². The smallest absolute Gasteiger partial charge is 0.275 e. The molecule has 0 aliphatic heterocycles. The maximum atomic E-state index is 13.6. The number of hydrogen-bond acceptors (Lipinski definition) is 3. The molecule has 0 unspecified atom stereocenters. The lowest BCUT2D eigenvalue weighted by molar-refractivity contribution is 0.0952. The summed E-state index contributed by atoms with van der Waals surface area (Å²) in [4.78, 5) is 12.1. The number of hydrazone groups is 1. The Morgan fingerprint density at radius 2 is 2.18 bits per heavy atom. The molecule has 2 rings (SSSR count). The molecule has 0 saturated heterocycles. The van der Waals surface area contributed by atoms with E-state index in [1.807, 2.05) is 0 Å². The van der Waals surface area contributed by atoms with Crippen molar-refractivity contribution < 1.29 is 13.9 Å². The zero-order valence-corrected chi connectivity index (χ0v) is 13.8. The highest BCUT2D eigenvalue weighted by molar-refractivity contribution is 9.10. The van der Waals surface area contributed by atoms with Gasteiger partial charge in [0.15, 0.2) is 0 Å². The van der Waals surface area contributed by atoms with E-state index in [1.54, 1.807) is 18.2 Å². The molecule has 0 radical (unpaired) electrons. The van der Waals surface area contributed by atoms with Gasteiger partial charge in [0.05, 0.1) is 23.9 Å². The van der Waals surface area contributed by atoms with Crippen molar-refractivity contribution in [2.75, 3.05) is 7.11 Å². The molecule has 114 valence electrons. The molecule has 22 heavy (non-hydrogen) atoms. The molecular formula is C15H11BrClFN2O2. The van der Waals surface area contributed by atoms with E-state index < -0.39 is 11.7 Å². The predicted molar refractivity (Wildman–Crippen MR) is 87.2 cm³/mol. The average Bonchev–Trinajstić information content (AvgIpc) is 2.50. The first kappa shape index (κ1) is 16.5. The van der Waals surface area contributed by atoms with Crippen LogP contribution in [0.1, 0.15) is 15.9 Å². The van der Waals surface area contributed by atoms with Crippen molar-refractivity contribution in [1.82, 2.24) is 5.43 Å². The third-order valence-corrected chi connectivity index (χ3v) is 3.59. The first-order chi connectivity index (χ1) is 10.5. The molecule has 0 aliphatic carbocycles. The van der Waals surface area contributed by atoms with Gasteiger partial charge < -0.3 is 4.74 Å². The molecule has 4 nitrogen and oxygen atoms in total. The normalized spacial score (nSPS) is 10.7. The summed E-state index contributed by atoms with van der Waals surface area (Å²) in [7, 11) is 1.46. The molecule has 0 atom stereocenters. The second kappa shape index (κ2) is 7.38. The number of amides is 1. The highest BCUT2D eigenvalue weighted by atomic mass is 79.9. The lowest BCUT2D eigenvalue weighted by Crippen LogP contribution is -2.18. The maximum Gasteiger partial charge on any atom is 0.275 e. The van der Waals surface area contributed by atoms with E-state index in [2.05, 4.69) is 26.5 Å². The molecule has 0 fully saturated rings. The van der Waals surface area contributed by atoms with Crippen LogP contribution < -0.4 is 10.2 Å². The van der Waals surface area contributed by atoms with Crippen molar-refractivity contribution in [3.8, 4) is 5.75 Å². The van der Waals surface area contributed by atoms with Gasteiger partial charge in [-0.25, -0.2) is 9.82 Å². The molecule has 0 bridgehead atoms. The molecule has 0 saturated carbocycles. The number of carbonyl (C=O) groups is 1. The maximum absolute atomic E-state index is 13.6. The topological polar surface area (TPSA) is 50.7 Å². The average molecular weight is 386 g/mol. The van der Waals surface area contributed by atoms with Gasteiger partial charge in [-0.2, -0.15) is 5.10 Å². The minimum Gasteiger partial charge on any atom is -0.496 e. The fourth-order valence-corrected chi connectivity index (χ4v) is 2.28. The molecule has 2 aromatic carbocycles. The van der Waals surface area contributed by atoms with Gasteiger partial charge in [-0.15, -0.1) is 0 Å². The van der Waals surface area contributed by atoms with Crippen molar-refractivity contribution in [2.45, 2.75) is 0 Å². The van der Waals surface area contributed by atoms with Crippen molar-refractivity contribution in [2.24, 2.45) is 5.10 Å². The summed E-state index contributed by atoms with van der Waals surface area (Å²) < 4.78 is 19.4. The molecule has 0 heterocycles. The number of benzene rings is 2. The van der Waals surface area contributed by atoms with Crippen LogP contribution in [0.25, 0.3) is 0 Å². The monoisotopic (exact) mass is 384 g/mol. The lowest BCUT2D eigenvalue weighted by Gasteiger charge is -2.07. The standard InChI is InChI=1S/C15H11BrClFN2O2/c1-22-14-6-5-9(16)7-10(14)15(21)20-19-8-11-12(17)3-2-4-13(11)18/h2-8H,1H3,(H,20,21)/b19-8-. The number of hydrogen-bond donors (Lipinski definition) is 1. The summed E-state index contributed by atoms with van der Waals surface area (Å²) in [6.45, 7) is 0. The van der Waals surface area contributed by atoms with Gasteiger partial charge in [-0.05, 0) is 30.3 Å². The molecule has 0 spiro atoms. The number of nitrogens with zero attached hydrogens (tertiary/aromatic N) is 1. The molecule has 1 N–H and O–H groups in total. The van der Waals surface area contributed by atoms with Crippen LogP contribution in [0.4, 0.5) is 4.39 Å². The summed E-state index contributed by atoms with van der Waals surface area (Å²) in [5.41, 5.74) is 2.71. The van der Waals surface area contributed by atoms with Gasteiger partial charge in [0.2, 0.25) is 0 Å². The van der Waals surface area contributed by atoms with E-state index in [-0.39, 0.29) is 10.6 Å². The van der Waals surface area contributed by atoms with Gasteiger partial charge in [-0.3, -0.25) is 4.79 Å². The Morgan fingerprint density at radius 3 is 2.86 bits per heavy atom. The zero-order chi connectivity index (χ0) is 16.1. The Kier molecular flexibility index (Phi) is 5.51. The van der Waals surface area contributed by atoms with Crippen LogP contribution in [0.5, 0.6) is 5.75 Å². The third kappa shape index (κ3) is 3.84. The summed E-state index contributed by atoms with van der Waals surface area (Å²) in [5.74, 6) is -0.604. The molecule has 2 aromatic rings. The molecule has 1 amide bonds. The zero-order valence-electron chi connectivity index (χ0n) is 11.4. The first-order valence-corrected chi connectivity index (χ1v) is 7.31. The van der Waals surface area contributed by atoms with E-state index in [1.165, 1.54) is 25.3 Å². The lowest BCUT2D eigenvalue weighted by atomic mass is 10.2. The Bertz CT molecular complexity index is 717. The summed E-state index contributed by atoms with van der Waals surface area (Å²) in [6, 6.07) is 9.27. The van der Waals surface area contributed by atoms with Crippen LogP contribution in [0, 0.1) is 5.82 Å². The minimum atomic E-state index is -0.523. The Hall–Kier alpha value is -1.92. The molecule has 0 aromatic heterocycles. The quantitative estimate of drug-likeness (QED) is 0.638. The summed E-state index contributed by atoms with van der Waals surface area (Å²) >= 11 is 9.14. The Balaban J connectivity index is 2.17. The van der Waals surface area contributed by atoms with Crippen LogP contribution in [-0.2, 0) is 0 Å². The Labute approximate surface area is 140 Å². The van der Waals surface area contributed by atoms with Crippen LogP contribution in [0.15, 0.2) is 46.0 Å². The van der Waals surface area contributed by atoms with Crippen molar-refractivity contribution in [3.63, 3.8) is 0 Å². The molecule has 0 aliphatic rings. The van der Waals surface area contributed by atoms with Gasteiger partial charge in [0, 0.05) is 10.0 Å². The van der Waals surface area contributed by atoms with Crippen LogP contribution in [0.3, 0.4) is 0 Å². The Morgan fingerprint density at radius 1 is 1.41 bits per heavy atom. The number of carbonyl (C=O) groups excluding carboxylic acids is 1. The fourth-order valence-electron chi connectivity index (χ4n) is 1.71. The van der Waals surface area contributed by atoms with E-state index >= 15 is 0 Å². The summed E-state index contributed by atoms with van der Waals surface area (Å²) in [6.07, 6.45) is 1.15. The van der Waals surface area contributed by atoms with Crippen molar-refractivity contribution in [3.05, 3.63) is 62.8 Å². The van der Waals surface area contributed by atoms with Crippen molar-refractivity contribution >= 4 is 39.7 Å². The second-order valence-corrected chi connectivity index (χ2v) is 5.50. The number of ether oxygens (including phenoxy) is 1. The van der Waals surface area contributed by atoms with Crippen LogP contribution in [0.2, 0.25) is 5.02 Å². The predicted octanol–water partition coefficient (Wildman–Crippen LogP) is 4.01. The van der Waals surface area contributed by atoms with E-state index in [9.17, 15) is 9.18 Å². The van der Waals surface area contributed by atoms with E-state index in [0.29, 0.717) is 11.3 Å². The third-order valence-electron chi connectivity index (χ3n) is 2.77. The SMILES string of the molecule is COc1ccc(Br)cc1C(=O)N/N=C\c1c(F)cccc1Cl. The van der Waals surface area contributed by atoms with Gasteiger partial charge in [0.1, 0.15) is 11.6 Å². The second-order valence-electron chi connectivity index (χ2n) is 4.18. The highest BCUT2D eigenvalue weighted by Crippen LogP contribution is 2.22. The van der Waals surface area contributed by atoms with E-state index in [4.69, 9.17) is 16.3 Å². The van der Waals surface area contributed by atoms with Gasteiger partial charge in [-0.1, -0.05) is 33.6 Å². The number of halogens is 3. The van der Waals surface area contributed by atoms with Gasteiger partial charge in [0.25, 0.3) is 5.91 Å². The minimum absolute atomic E-state index is 0.102. The van der Waals surface area contributed by atoms with E-state index in [0.717, 1.165) is 10.7 Å². The first-order valence-electron chi connectivity index (χ1n) is 6.14. The molecular weight excluding hydrogens is 375 g/mol. The number of methoxy groups -OCH3 is 1. The van der Waals surface area contributed by atoms with Crippen molar-refractivity contribution in [1.29, 1.82) is 0 Å². The van der Waals surface area contributed by atoms with Crippen LogP contribution >= 0.6 is 27.5 Å². The van der Waals surface area contributed by atoms with Crippen LogP contribution in [-0.4, -0.2) is 19.2 Å². The number of rotatable bonds is 4. The molecule has 7 heteroatoms. The highest BCUT2D eigenvalue weighted by Gasteiger charge is 2.12. The summed E-state index contributed by atoms with van der Waals surface area (Å²) in [5, 5.41) is 3.93. The fraction of sp³-hybridized carbons (Fsp3) is 0.0667. The largest absolute Gasteiger partial charge is 0.496 e. The number of nitrogens with one attached hydrogen (secondary N) is 1.